The van der Waals surface area contributed by atoms with Crippen LogP contribution in [0.3, 0.4) is 0 Å². The number of carbonyl (C=O) groups is 2. The van der Waals surface area contributed by atoms with Gasteiger partial charge in [0.15, 0.2) is 0 Å². The minimum atomic E-state index is -0.176. The van der Waals surface area contributed by atoms with Crippen LogP contribution in [0.5, 0.6) is 5.75 Å². The molecule has 0 fully saturated rings. The molecule has 0 atom stereocenters. The van der Waals surface area contributed by atoms with Crippen molar-refractivity contribution < 1.29 is 14.3 Å². The van der Waals surface area contributed by atoms with E-state index in [9.17, 15) is 9.59 Å². The SMILES string of the molecule is CC(C)(C)c1ccc(OCCCC(=O)Nc2ccc(CNC(=O)c3cccnc3)cc2)c(Br)c1. The molecule has 1 aromatic heterocycles. The Bertz CT molecular complexity index is 1110. The monoisotopic (exact) mass is 523 g/mol. The minimum Gasteiger partial charge on any atom is -0.492 e. The van der Waals surface area contributed by atoms with Crippen LogP contribution in [0.1, 0.15) is 55.1 Å². The fraction of sp³-hybridized carbons (Fsp3) is 0.296. The van der Waals surface area contributed by atoms with E-state index in [0.29, 0.717) is 37.2 Å². The number of aromatic nitrogens is 1. The molecule has 0 aliphatic rings. The van der Waals surface area contributed by atoms with Gasteiger partial charge in [-0.25, -0.2) is 0 Å². The summed E-state index contributed by atoms with van der Waals surface area (Å²) in [6.07, 6.45) is 4.13. The summed E-state index contributed by atoms with van der Waals surface area (Å²) in [5, 5.41) is 5.75. The first-order valence-corrected chi connectivity index (χ1v) is 12.0. The summed E-state index contributed by atoms with van der Waals surface area (Å²) in [6, 6.07) is 17.0. The van der Waals surface area contributed by atoms with Gasteiger partial charge in [-0.1, -0.05) is 39.0 Å². The molecule has 2 amide bonds. The zero-order valence-electron chi connectivity index (χ0n) is 19.7. The molecule has 2 aromatic carbocycles. The Kier molecular flexibility index (Phi) is 8.82. The van der Waals surface area contributed by atoms with Crippen molar-refractivity contribution in [3.8, 4) is 5.75 Å². The summed E-state index contributed by atoms with van der Waals surface area (Å²) in [5.41, 5.74) is 3.48. The largest absolute Gasteiger partial charge is 0.492 e. The highest BCUT2D eigenvalue weighted by Gasteiger charge is 2.15. The van der Waals surface area contributed by atoms with Gasteiger partial charge in [-0.2, -0.15) is 0 Å². The number of rotatable bonds is 9. The number of anilines is 1. The van der Waals surface area contributed by atoms with Crippen LogP contribution in [-0.4, -0.2) is 23.4 Å². The van der Waals surface area contributed by atoms with Gasteiger partial charge in [-0.15, -0.1) is 0 Å². The van der Waals surface area contributed by atoms with Gasteiger partial charge < -0.3 is 15.4 Å². The third kappa shape index (κ3) is 7.70. The molecule has 0 spiro atoms. The summed E-state index contributed by atoms with van der Waals surface area (Å²) >= 11 is 3.57. The van der Waals surface area contributed by atoms with Gasteiger partial charge in [-0.05, 0) is 75.3 Å². The number of benzene rings is 2. The lowest BCUT2D eigenvalue weighted by molar-refractivity contribution is -0.116. The number of halogens is 1. The number of pyridine rings is 1. The molecule has 0 saturated heterocycles. The van der Waals surface area contributed by atoms with Crippen molar-refractivity contribution in [3.63, 3.8) is 0 Å². The topological polar surface area (TPSA) is 80.3 Å². The zero-order valence-corrected chi connectivity index (χ0v) is 21.3. The van der Waals surface area contributed by atoms with Crippen molar-refractivity contribution in [2.45, 2.75) is 45.6 Å². The fourth-order valence-corrected chi connectivity index (χ4v) is 3.70. The molecule has 2 N–H and O–H groups in total. The summed E-state index contributed by atoms with van der Waals surface area (Å²) in [6.45, 7) is 7.36. The van der Waals surface area contributed by atoms with Crippen LogP contribution in [0.15, 0.2) is 71.5 Å². The number of hydrogen-bond acceptors (Lipinski definition) is 4. The smallest absolute Gasteiger partial charge is 0.253 e. The van der Waals surface area contributed by atoms with E-state index in [1.165, 1.54) is 11.8 Å². The Morgan fingerprint density at radius 3 is 2.47 bits per heavy atom. The number of nitrogens with one attached hydrogen (secondary N) is 2. The molecule has 3 aromatic rings. The van der Waals surface area contributed by atoms with Crippen LogP contribution in [0.25, 0.3) is 0 Å². The molecule has 1 heterocycles. The molecule has 178 valence electrons. The molecule has 0 saturated carbocycles. The summed E-state index contributed by atoms with van der Waals surface area (Å²) < 4.78 is 6.75. The maximum atomic E-state index is 12.3. The Morgan fingerprint density at radius 1 is 1.06 bits per heavy atom. The van der Waals surface area contributed by atoms with Gasteiger partial charge in [0.05, 0.1) is 16.6 Å². The van der Waals surface area contributed by atoms with Crippen molar-refractivity contribution in [1.29, 1.82) is 0 Å². The third-order valence-corrected chi connectivity index (χ3v) is 5.84. The molecule has 0 aliphatic heterocycles. The first kappa shape index (κ1) is 25.4. The van der Waals surface area contributed by atoms with E-state index in [0.717, 1.165) is 15.8 Å². The molecule has 0 unspecified atom stereocenters. The van der Waals surface area contributed by atoms with Gasteiger partial charge in [0.25, 0.3) is 5.91 Å². The Morgan fingerprint density at radius 2 is 1.82 bits per heavy atom. The molecule has 0 radical (unpaired) electrons. The van der Waals surface area contributed by atoms with Crippen LogP contribution in [0, 0.1) is 0 Å². The number of nitrogens with zero attached hydrogens (tertiary/aromatic N) is 1. The highest BCUT2D eigenvalue weighted by Crippen LogP contribution is 2.31. The van der Waals surface area contributed by atoms with E-state index in [-0.39, 0.29) is 17.2 Å². The molecule has 7 heteroatoms. The second-order valence-electron chi connectivity index (χ2n) is 9.02. The Balaban J connectivity index is 1.38. The molecule has 0 bridgehead atoms. The molecular weight excluding hydrogens is 494 g/mol. The Labute approximate surface area is 209 Å². The highest BCUT2D eigenvalue weighted by molar-refractivity contribution is 9.10. The van der Waals surface area contributed by atoms with Crippen molar-refractivity contribution in [3.05, 3.63) is 88.2 Å². The van der Waals surface area contributed by atoms with E-state index in [2.05, 4.69) is 64.5 Å². The lowest BCUT2D eigenvalue weighted by Gasteiger charge is -2.20. The van der Waals surface area contributed by atoms with Crippen LogP contribution in [0.2, 0.25) is 0 Å². The minimum absolute atomic E-state index is 0.0663. The lowest BCUT2D eigenvalue weighted by atomic mass is 9.87. The predicted molar refractivity (Wildman–Crippen MR) is 138 cm³/mol. The van der Waals surface area contributed by atoms with E-state index in [4.69, 9.17) is 4.74 Å². The van der Waals surface area contributed by atoms with E-state index >= 15 is 0 Å². The van der Waals surface area contributed by atoms with Gasteiger partial charge >= 0.3 is 0 Å². The van der Waals surface area contributed by atoms with Crippen LogP contribution in [0.4, 0.5) is 5.69 Å². The molecule has 6 nitrogen and oxygen atoms in total. The second-order valence-corrected chi connectivity index (χ2v) is 9.87. The molecule has 34 heavy (non-hydrogen) atoms. The number of amides is 2. The third-order valence-electron chi connectivity index (χ3n) is 5.22. The van der Waals surface area contributed by atoms with Crippen molar-refractivity contribution in [2.24, 2.45) is 0 Å². The molecule has 3 rings (SSSR count). The average molecular weight is 524 g/mol. The normalized spacial score (nSPS) is 11.1. The zero-order chi connectivity index (χ0) is 24.6. The lowest BCUT2D eigenvalue weighted by Crippen LogP contribution is -2.22. The molecular formula is C27H30BrN3O3. The first-order valence-electron chi connectivity index (χ1n) is 11.2. The van der Waals surface area contributed by atoms with Crippen molar-refractivity contribution in [1.82, 2.24) is 10.3 Å². The number of carbonyl (C=O) groups excluding carboxylic acids is 2. The maximum Gasteiger partial charge on any atom is 0.253 e. The van der Waals surface area contributed by atoms with Crippen LogP contribution >= 0.6 is 15.9 Å². The summed E-state index contributed by atoms with van der Waals surface area (Å²) in [5.74, 6) is 0.535. The van der Waals surface area contributed by atoms with Gasteiger partial charge in [-0.3, -0.25) is 14.6 Å². The second kappa shape index (κ2) is 11.8. The highest BCUT2D eigenvalue weighted by atomic mass is 79.9. The first-order chi connectivity index (χ1) is 16.2. The summed E-state index contributed by atoms with van der Waals surface area (Å²) in [4.78, 5) is 28.3. The van der Waals surface area contributed by atoms with Crippen LogP contribution < -0.4 is 15.4 Å². The average Bonchev–Trinajstić information content (AvgIpc) is 2.82. The van der Waals surface area contributed by atoms with E-state index < -0.39 is 0 Å². The standard InChI is InChI=1S/C27H30BrN3O3/c1-27(2,3)21-10-13-24(23(28)16-21)34-15-5-7-25(32)31-22-11-8-19(9-12-22)17-30-26(33)20-6-4-14-29-18-20/h4,6,8-14,16,18H,5,7,15,17H2,1-3H3,(H,30,33)(H,31,32). The van der Waals surface area contributed by atoms with Crippen molar-refractivity contribution in [2.75, 3.05) is 11.9 Å². The maximum absolute atomic E-state index is 12.3. The van der Waals surface area contributed by atoms with Crippen LogP contribution in [-0.2, 0) is 16.8 Å². The van der Waals surface area contributed by atoms with Crippen molar-refractivity contribution >= 4 is 33.4 Å². The summed E-state index contributed by atoms with van der Waals surface area (Å²) in [7, 11) is 0. The Hall–Kier alpha value is -3.19. The van der Waals surface area contributed by atoms with Gasteiger partial charge in [0, 0.05) is 31.0 Å². The quantitative estimate of drug-likeness (QED) is 0.343. The van der Waals surface area contributed by atoms with Gasteiger partial charge in [0.1, 0.15) is 5.75 Å². The fourth-order valence-electron chi connectivity index (χ4n) is 3.21. The van der Waals surface area contributed by atoms with E-state index in [1.54, 1.807) is 18.3 Å². The molecule has 0 aliphatic carbocycles. The van der Waals surface area contributed by atoms with Gasteiger partial charge in [0.2, 0.25) is 5.91 Å². The predicted octanol–water partition coefficient (Wildman–Crippen LogP) is 5.87. The number of ether oxygens (including phenoxy) is 1. The number of hydrogen-bond donors (Lipinski definition) is 2. The van der Waals surface area contributed by atoms with E-state index in [1.807, 2.05) is 30.3 Å².